The van der Waals surface area contributed by atoms with Crippen LogP contribution in [-0.2, 0) is 0 Å². The van der Waals surface area contributed by atoms with Crippen LogP contribution in [0.2, 0.25) is 0 Å². The molecule has 2 atom stereocenters. The SMILES string of the molecule is Nc1ncccc1C1CCC(Br)C1. The quantitative estimate of drug-likeness (QED) is 0.767. The summed E-state index contributed by atoms with van der Waals surface area (Å²) in [5, 5.41) is 0. The Balaban J connectivity index is 2.21. The summed E-state index contributed by atoms with van der Waals surface area (Å²) in [6.07, 6.45) is 5.42. The zero-order valence-electron chi connectivity index (χ0n) is 7.41. The van der Waals surface area contributed by atoms with Gasteiger partial charge in [-0.1, -0.05) is 22.0 Å². The van der Waals surface area contributed by atoms with Crippen molar-refractivity contribution in [1.82, 2.24) is 4.98 Å². The first-order valence-corrected chi connectivity index (χ1v) is 5.53. The minimum Gasteiger partial charge on any atom is -0.383 e. The third-order valence-electron chi connectivity index (χ3n) is 2.68. The molecule has 2 unspecified atom stereocenters. The van der Waals surface area contributed by atoms with Crippen LogP contribution in [0.3, 0.4) is 0 Å². The van der Waals surface area contributed by atoms with Crippen LogP contribution in [-0.4, -0.2) is 9.81 Å². The molecule has 1 saturated carbocycles. The summed E-state index contributed by atoms with van der Waals surface area (Å²) in [4.78, 5) is 4.78. The lowest BCUT2D eigenvalue weighted by Gasteiger charge is -2.10. The molecule has 0 saturated heterocycles. The van der Waals surface area contributed by atoms with Crippen molar-refractivity contribution in [1.29, 1.82) is 0 Å². The first-order valence-electron chi connectivity index (χ1n) is 4.62. The van der Waals surface area contributed by atoms with Gasteiger partial charge in [-0.3, -0.25) is 0 Å². The summed E-state index contributed by atoms with van der Waals surface area (Å²) in [6.45, 7) is 0. The van der Waals surface area contributed by atoms with E-state index < -0.39 is 0 Å². The average molecular weight is 241 g/mol. The predicted octanol–water partition coefficient (Wildman–Crippen LogP) is 2.69. The van der Waals surface area contributed by atoms with Gasteiger partial charge >= 0.3 is 0 Å². The van der Waals surface area contributed by atoms with E-state index in [-0.39, 0.29) is 0 Å². The van der Waals surface area contributed by atoms with Crippen molar-refractivity contribution in [2.24, 2.45) is 0 Å². The van der Waals surface area contributed by atoms with E-state index in [0.29, 0.717) is 16.6 Å². The fourth-order valence-corrected chi connectivity index (χ4v) is 2.70. The molecular formula is C10H13BrN2. The second kappa shape index (κ2) is 3.66. The van der Waals surface area contributed by atoms with Crippen molar-refractivity contribution in [2.45, 2.75) is 30.0 Å². The lowest BCUT2D eigenvalue weighted by molar-refractivity contribution is 0.724. The largest absolute Gasteiger partial charge is 0.383 e. The Morgan fingerprint density at radius 3 is 2.92 bits per heavy atom. The Morgan fingerprint density at radius 1 is 1.46 bits per heavy atom. The van der Waals surface area contributed by atoms with Crippen molar-refractivity contribution in [3.05, 3.63) is 23.9 Å². The van der Waals surface area contributed by atoms with E-state index in [1.807, 2.05) is 6.07 Å². The summed E-state index contributed by atoms with van der Waals surface area (Å²) < 4.78 is 0. The number of nitrogens with two attached hydrogens (primary N) is 1. The monoisotopic (exact) mass is 240 g/mol. The lowest BCUT2D eigenvalue weighted by atomic mass is 9.99. The molecule has 2 N–H and O–H groups in total. The zero-order valence-corrected chi connectivity index (χ0v) is 9.00. The van der Waals surface area contributed by atoms with Crippen LogP contribution in [0.5, 0.6) is 0 Å². The highest BCUT2D eigenvalue weighted by Crippen LogP contribution is 2.39. The normalized spacial score (nSPS) is 27.8. The maximum atomic E-state index is 5.82. The van der Waals surface area contributed by atoms with Crippen molar-refractivity contribution in [3.8, 4) is 0 Å². The highest BCUT2D eigenvalue weighted by molar-refractivity contribution is 9.09. The van der Waals surface area contributed by atoms with Crippen molar-refractivity contribution < 1.29 is 0 Å². The minimum atomic E-state index is 0.609. The Labute approximate surface area is 86.7 Å². The van der Waals surface area contributed by atoms with Gasteiger partial charge in [0.05, 0.1) is 0 Å². The smallest absolute Gasteiger partial charge is 0.126 e. The fraction of sp³-hybridized carbons (Fsp3) is 0.500. The van der Waals surface area contributed by atoms with E-state index in [2.05, 4.69) is 27.0 Å². The van der Waals surface area contributed by atoms with Crippen LogP contribution in [0.1, 0.15) is 30.7 Å². The first kappa shape index (κ1) is 9.00. The van der Waals surface area contributed by atoms with Gasteiger partial charge in [0.15, 0.2) is 0 Å². The number of nitrogen functional groups attached to an aromatic ring is 1. The number of alkyl halides is 1. The standard InChI is InChI=1S/C10H13BrN2/c11-8-4-3-7(6-8)9-2-1-5-13-10(9)12/h1-2,5,7-8H,3-4,6H2,(H2,12,13). The van der Waals surface area contributed by atoms with Crippen LogP contribution >= 0.6 is 15.9 Å². The molecule has 1 heterocycles. The van der Waals surface area contributed by atoms with Crippen LogP contribution < -0.4 is 5.73 Å². The molecule has 1 aromatic rings. The average Bonchev–Trinajstić information content (AvgIpc) is 2.53. The number of hydrogen-bond acceptors (Lipinski definition) is 2. The molecule has 0 aromatic carbocycles. The summed E-state index contributed by atoms with van der Waals surface area (Å²) in [5.74, 6) is 1.31. The summed E-state index contributed by atoms with van der Waals surface area (Å²) >= 11 is 3.64. The van der Waals surface area contributed by atoms with Gasteiger partial charge in [-0.25, -0.2) is 4.98 Å². The van der Waals surface area contributed by atoms with Crippen molar-refractivity contribution >= 4 is 21.7 Å². The van der Waals surface area contributed by atoms with Gasteiger partial charge < -0.3 is 5.73 Å². The summed E-state index contributed by atoms with van der Waals surface area (Å²) in [6, 6.07) is 4.06. The Kier molecular flexibility index (Phi) is 2.54. The molecule has 2 rings (SSSR count). The third-order valence-corrected chi connectivity index (χ3v) is 3.51. The van der Waals surface area contributed by atoms with E-state index >= 15 is 0 Å². The molecule has 13 heavy (non-hydrogen) atoms. The van der Waals surface area contributed by atoms with E-state index in [9.17, 15) is 0 Å². The second-order valence-corrected chi connectivity index (χ2v) is 4.88. The van der Waals surface area contributed by atoms with Crippen molar-refractivity contribution in [3.63, 3.8) is 0 Å². The number of pyridine rings is 1. The van der Waals surface area contributed by atoms with Crippen LogP contribution in [0.25, 0.3) is 0 Å². The molecule has 3 heteroatoms. The summed E-state index contributed by atoms with van der Waals surface area (Å²) in [5.41, 5.74) is 7.05. The molecule has 0 bridgehead atoms. The molecule has 0 spiro atoms. The molecular weight excluding hydrogens is 228 g/mol. The fourth-order valence-electron chi connectivity index (χ4n) is 1.98. The van der Waals surface area contributed by atoms with Crippen LogP contribution in [0.15, 0.2) is 18.3 Å². The molecule has 2 nitrogen and oxygen atoms in total. The Bertz CT molecular complexity index is 301. The van der Waals surface area contributed by atoms with Crippen LogP contribution in [0, 0.1) is 0 Å². The van der Waals surface area contributed by atoms with Crippen molar-refractivity contribution in [2.75, 3.05) is 5.73 Å². The topological polar surface area (TPSA) is 38.9 Å². The first-order chi connectivity index (χ1) is 6.27. The predicted molar refractivity (Wildman–Crippen MR) is 58.0 cm³/mol. The van der Waals surface area contributed by atoms with E-state index in [1.54, 1.807) is 6.20 Å². The molecule has 1 fully saturated rings. The number of halogens is 1. The molecule has 0 aliphatic heterocycles. The number of hydrogen-bond donors (Lipinski definition) is 1. The van der Waals surface area contributed by atoms with Gasteiger partial charge in [0.2, 0.25) is 0 Å². The van der Waals surface area contributed by atoms with E-state index in [4.69, 9.17) is 5.73 Å². The molecule has 1 aliphatic rings. The number of aromatic nitrogens is 1. The maximum absolute atomic E-state index is 5.82. The van der Waals surface area contributed by atoms with Gasteiger partial charge in [-0.05, 0) is 36.8 Å². The molecule has 1 aliphatic carbocycles. The zero-order chi connectivity index (χ0) is 9.26. The van der Waals surface area contributed by atoms with Gasteiger partial charge in [0.1, 0.15) is 5.82 Å². The van der Waals surface area contributed by atoms with Crippen LogP contribution in [0.4, 0.5) is 5.82 Å². The maximum Gasteiger partial charge on any atom is 0.126 e. The van der Waals surface area contributed by atoms with Gasteiger partial charge in [-0.2, -0.15) is 0 Å². The van der Waals surface area contributed by atoms with E-state index in [1.165, 1.54) is 24.8 Å². The Morgan fingerprint density at radius 2 is 2.31 bits per heavy atom. The van der Waals surface area contributed by atoms with Gasteiger partial charge in [0, 0.05) is 11.0 Å². The van der Waals surface area contributed by atoms with E-state index in [0.717, 1.165) is 0 Å². The second-order valence-electron chi connectivity index (χ2n) is 3.59. The summed E-state index contributed by atoms with van der Waals surface area (Å²) in [7, 11) is 0. The number of nitrogens with zero attached hydrogens (tertiary/aromatic N) is 1. The van der Waals surface area contributed by atoms with Gasteiger partial charge in [0.25, 0.3) is 0 Å². The molecule has 1 aromatic heterocycles. The molecule has 0 radical (unpaired) electrons. The number of rotatable bonds is 1. The highest BCUT2D eigenvalue weighted by Gasteiger charge is 2.25. The molecule has 0 amide bonds. The number of anilines is 1. The van der Waals surface area contributed by atoms with Gasteiger partial charge in [-0.15, -0.1) is 0 Å². The Hall–Kier alpha value is -0.570. The minimum absolute atomic E-state index is 0.609. The molecule has 70 valence electrons. The highest BCUT2D eigenvalue weighted by atomic mass is 79.9. The lowest BCUT2D eigenvalue weighted by Crippen LogP contribution is -2.01. The third kappa shape index (κ3) is 1.85.